The zero-order valence-corrected chi connectivity index (χ0v) is 11.7. The van der Waals surface area contributed by atoms with Gasteiger partial charge in [-0.25, -0.2) is 4.79 Å². The molecule has 1 aromatic rings. The summed E-state index contributed by atoms with van der Waals surface area (Å²) in [6.07, 6.45) is 2.57. The first kappa shape index (κ1) is 14.9. The Labute approximate surface area is 113 Å². The maximum absolute atomic E-state index is 11.7. The minimum Gasteiger partial charge on any atom is -0.497 e. The van der Waals surface area contributed by atoms with Crippen LogP contribution in [-0.2, 0) is 0 Å². The topological polar surface area (TPSA) is 59.6 Å². The number of allylic oxidation sites excluding steroid dienone is 1. The van der Waals surface area contributed by atoms with Crippen molar-refractivity contribution in [1.82, 2.24) is 5.32 Å². The first-order valence-electron chi connectivity index (χ1n) is 6.05. The number of rotatable bonds is 5. The molecule has 0 aliphatic rings. The van der Waals surface area contributed by atoms with Crippen molar-refractivity contribution in [3.8, 4) is 11.5 Å². The molecule has 5 nitrogen and oxygen atoms in total. The minimum absolute atomic E-state index is 0.320. The highest BCUT2D eigenvalue weighted by atomic mass is 16.5. The van der Waals surface area contributed by atoms with E-state index in [-0.39, 0.29) is 6.03 Å². The lowest BCUT2D eigenvalue weighted by Gasteiger charge is -2.11. The molecule has 0 aliphatic carbocycles. The Bertz CT molecular complexity index is 470. The third kappa shape index (κ3) is 4.54. The number of urea groups is 1. The normalized spacial score (nSPS) is 10.8. The highest BCUT2D eigenvalue weighted by Crippen LogP contribution is 2.28. The van der Waals surface area contributed by atoms with Crippen LogP contribution in [0.15, 0.2) is 30.0 Å². The molecule has 0 fully saturated rings. The summed E-state index contributed by atoms with van der Waals surface area (Å²) >= 11 is 0. The summed E-state index contributed by atoms with van der Waals surface area (Å²) in [6, 6.07) is 4.89. The number of nitrogens with one attached hydrogen (secondary N) is 2. The molecule has 0 aromatic heterocycles. The summed E-state index contributed by atoms with van der Waals surface area (Å²) in [5.74, 6) is 1.23. The Hall–Kier alpha value is -2.17. The van der Waals surface area contributed by atoms with Gasteiger partial charge in [-0.2, -0.15) is 0 Å². The van der Waals surface area contributed by atoms with Crippen molar-refractivity contribution in [3.05, 3.63) is 30.0 Å². The van der Waals surface area contributed by atoms with E-state index in [0.717, 1.165) is 12.0 Å². The molecular weight excluding hydrogens is 244 g/mol. The van der Waals surface area contributed by atoms with E-state index in [9.17, 15) is 4.79 Å². The van der Waals surface area contributed by atoms with Gasteiger partial charge in [0, 0.05) is 12.3 Å². The van der Waals surface area contributed by atoms with Gasteiger partial charge in [0.15, 0.2) is 0 Å². The van der Waals surface area contributed by atoms with Gasteiger partial charge >= 0.3 is 6.03 Å². The molecule has 0 saturated heterocycles. The van der Waals surface area contributed by atoms with E-state index < -0.39 is 0 Å². The van der Waals surface area contributed by atoms with E-state index in [1.54, 1.807) is 38.6 Å². The number of hydrogen-bond donors (Lipinski definition) is 2. The number of amides is 2. The van der Waals surface area contributed by atoms with Gasteiger partial charge in [-0.15, -0.1) is 0 Å². The fourth-order valence-corrected chi connectivity index (χ4v) is 1.36. The van der Waals surface area contributed by atoms with Crippen molar-refractivity contribution in [2.24, 2.45) is 0 Å². The molecule has 0 spiro atoms. The van der Waals surface area contributed by atoms with Gasteiger partial charge in [0.1, 0.15) is 11.5 Å². The van der Waals surface area contributed by atoms with Gasteiger partial charge in [-0.3, -0.25) is 0 Å². The van der Waals surface area contributed by atoms with Crippen LogP contribution in [0.2, 0.25) is 0 Å². The van der Waals surface area contributed by atoms with Crippen molar-refractivity contribution in [2.45, 2.75) is 20.3 Å². The van der Waals surface area contributed by atoms with Crippen molar-refractivity contribution >= 4 is 11.7 Å². The Balaban J connectivity index is 2.77. The predicted octanol–water partition coefficient (Wildman–Crippen LogP) is 3.14. The largest absolute Gasteiger partial charge is 0.497 e. The molecule has 0 unspecified atom stereocenters. The van der Waals surface area contributed by atoms with Crippen LogP contribution in [0.4, 0.5) is 10.5 Å². The SMILES string of the molecule is CC/C(C)=C/NC(=O)Nc1cc(OC)ccc1OC. The molecule has 0 bridgehead atoms. The van der Waals surface area contributed by atoms with Crippen molar-refractivity contribution in [1.29, 1.82) is 0 Å². The standard InChI is InChI=1S/C14H20N2O3/c1-5-10(2)9-15-14(17)16-12-8-11(18-3)6-7-13(12)19-4/h6-9H,5H2,1-4H3,(H2,15,16,17)/b10-9+. The minimum atomic E-state index is -0.320. The molecule has 5 heteroatoms. The average molecular weight is 264 g/mol. The van der Waals surface area contributed by atoms with Crippen LogP contribution in [0.5, 0.6) is 11.5 Å². The second kappa shape index (κ2) is 7.31. The van der Waals surface area contributed by atoms with Crippen LogP contribution in [0.25, 0.3) is 0 Å². The highest BCUT2D eigenvalue weighted by molar-refractivity contribution is 5.91. The third-order valence-electron chi connectivity index (χ3n) is 2.66. The van der Waals surface area contributed by atoms with E-state index in [2.05, 4.69) is 10.6 Å². The fraction of sp³-hybridized carbons (Fsp3) is 0.357. The summed E-state index contributed by atoms with van der Waals surface area (Å²) in [7, 11) is 3.12. The molecule has 0 aliphatic heterocycles. The summed E-state index contributed by atoms with van der Waals surface area (Å²) in [5.41, 5.74) is 1.65. The maximum atomic E-state index is 11.7. The second-order valence-electron chi connectivity index (χ2n) is 4.01. The molecule has 0 radical (unpaired) electrons. The molecule has 1 rings (SSSR count). The molecule has 1 aromatic carbocycles. The van der Waals surface area contributed by atoms with E-state index in [4.69, 9.17) is 9.47 Å². The Morgan fingerprint density at radius 3 is 2.63 bits per heavy atom. The van der Waals surface area contributed by atoms with Crippen LogP contribution in [0.3, 0.4) is 0 Å². The highest BCUT2D eigenvalue weighted by Gasteiger charge is 2.07. The van der Waals surface area contributed by atoms with Crippen LogP contribution in [0.1, 0.15) is 20.3 Å². The quantitative estimate of drug-likeness (QED) is 0.859. The van der Waals surface area contributed by atoms with Crippen molar-refractivity contribution in [2.75, 3.05) is 19.5 Å². The zero-order chi connectivity index (χ0) is 14.3. The van der Waals surface area contributed by atoms with E-state index >= 15 is 0 Å². The summed E-state index contributed by atoms with van der Waals surface area (Å²) in [4.78, 5) is 11.7. The van der Waals surface area contributed by atoms with E-state index in [1.165, 1.54) is 0 Å². The summed E-state index contributed by atoms with van der Waals surface area (Å²) in [5, 5.41) is 5.38. The van der Waals surface area contributed by atoms with Gasteiger partial charge in [0.05, 0.1) is 19.9 Å². The molecule has 0 saturated carbocycles. The zero-order valence-electron chi connectivity index (χ0n) is 11.7. The molecule has 0 heterocycles. The molecule has 19 heavy (non-hydrogen) atoms. The lowest BCUT2D eigenvalue weighted by atomic mass is 10.2. The van der Waals surface area contributed by atoms with Crippen LogP contribution >= 0.6 is 0 Å². The number of ether oxygens (including phenoxy) is 2. The molecule has 2 amide bonds. The molecule has 0 atom stereocenters. The van der Waals surface area contributed by atoms with Gasteiger partial charge in [0.25, 0.3) is 0 Å². The van der Waals surface area contributed by atoms with Gasteiger partial charge in [-0.05, 0) is 25.5 Å². The third-order valence-corrected chi connectivity index (χ3v) is 2.66. The van der Waals surface area contributed by atoms with Gasteiger partial charge < -0.3 is 20.1 Å². The monoisotopic (exact) mass is 264 g/mol. The number of anilines is 1. The average Bonchev–Trinajstić information content (AvgIpc) is 2.44. The fourth-order valence-electron chi connectivity index (χ4n) is 1.36. The first-order valence-corrected chi connectivity index (χ1v) is 6.05. The molecule has 2 N–H and O–H groups in total. The van der Waals surface area contributed by atoms with Crippen LogP contribution in [-0.4, -0.2) is 20.3 Å². The second-order valence-corrected chi connectivity index (χ2v) is 4.01. The summed E-state index contributed by atoms with van der Waals surface area (Å²) in [6.45, 7) is 3.98. The predicted molar refractivity (Wildman–Crippen MR) is 75.7 cm³/mol. The van der Waals surface area contributed by atoms with Crippen molar-refractivity contribution in [3.63, 3.8) is 0 Å². The lowest BCUT2D eigenvalue weighted by molar-refractivity contribution is 0.255. The smallest absolute Gasteiger partial charge is 0.323 e. The van der Waals surface area contributed by atoms with E-state index in [0.29, 0.717) is 17.2 Å². The Morgan fingerprint density at radius 2 is 2.05 bits per heavy atom. The van der Waals surface area contributed by atoms with Crippen molar-refractivity contribution < 1.29 is 14.3 Å². The van der Waals surface area contributed by atoms with Crippen LogP contribution < -0.4 is 20.1 Å². The van der Waals surface area contributed by atoms with Gasteiger partial charge in [-0.1, -0.05) is 12.5 Å². The number of carbonyl (C=O) groups excluding carboxylic acids is 1. The number of hydrogen-bond acceptors (Lipinski definition) is 3. The maximum Gasteiger partial charge on any atom is 0.323 e. The van der Waals surface area contributed by atoms with E-state index in [1.807, 2.05) is 13.8 Å². The lowest BCUT2D eigenvalue weighted by Crippen LogP contribution is -2.24. The summed E-state index contributed by atoms with van der Waals surface area (Å²) < 4.78 is 10.3. The number of methoxy groups -OCH3 is 2. The van der Waals surface area contributed by atoms with Crippen LogP contribution in [0, 0.1) is 0 Å². The number of carbonyl (C=O) groups is 1. The molecule has 104 valence electrons. The Morgan fingerprint density at radius 1 is 1.32 bits per heavy atom. The molecular formula is C14H20N2O3. The Kier molecular flexibility index (Phi) is 5.73. The first-order chi connectivity index (χ1) is 9.10. The van der Waals surface area contributed by atoms with Gasteiger partial charge in [0.2, 0.25) is 0 Å². The number of benzene rings is 1.